The van der Waals surface area contributed by atoms with E-state index in [9.17, 15) is 4.79 Å². The fraction of sp³-hybridized carbons (Fsp3) is 0.750. The fourth-order valence-corrected chi connectivity index (χ4v) is 3.05. The van der Waals surface area contributed by atoms with Gasteiger partial charge in [-0.15, -0.1) is 0 Å². The second-order valence-corrected chi connectivity index (χ2v) is 6.70. The van der Waals surface area contributed by atoms with Gasteiger partial charge in [0, 0.05) is 33.2 Å². The maximum absolute atomic E-state index is 12.9. The van der Waals surface area contributed by atoms with Gasteiger partial charge in [-0.05, 0) is 38.8 Å². The van der Waals surface area contributed by atoms with E-state index in [-0.39, 0.29) is 12.0 Å². The first kappa shape index (κ1) is 15.5. The number of rotatable bonds is 5. The van der Waals surface area contributed by atoms with Crippen LogP contribution >= 0.6 is 0 Å². The van der Waals surface area contributed by atoms with Crippen molar-refractivity contribution in [1.82, 2.24) is 19.6 Å². The summed E-state index contributed by atoms with van der Waals surface area (Å²) in [7, 11) is 3.94. The van der Waals surface area contributed by atoms with E-state index >= 15 is 0 Å². The molecule has 6 heteroatoms. The van der Waals surface area contributed by atoms with Crippen molar-refractivity contribution in [3.8, 4) is 0 Å². The average Bonchev–Trinajstić information content (AvgIpc) is 3.21. The van der Waals surface area contributed by atoms with Crippen molar-refractivity contribution in [1.29, 1.82) is 0 Å². The van der Waals surface area contributed by atoms with E-state index in [0.29, 0.717) is 18.2 Å². The number of aromatic nitrogens is 2. The molecule has 1 saturated heterocycles. The van der Waals surface area contributed by atoms with Crippen LogP contribution in [0.2, 0.25) is 0 Å². The first-order valence-corrected chi connectivity index (χ1v) is 8.13. The van der Waals surface area contributed by atoms with Gasteiger partial charge >= 0.3 is 0 Å². The SMILES string of the molecule is Cc1cc(C(=O)N(CC2CC2)CC2CN(C)CCO2)n(C)n1. The molecule has 2 fully saturated rings. The third kappa shape index (κ3) is 3.67. The molecule has 1 aliphatic carbocycles. The first-order chi connectivity index (χ1) is 10.5. The van der Waals surface area contributed by atoms with Crippen molar-refractivity contribution < 1.29 is 9.53 Å². The van der Waals surface area contributed by atoms with Crippen LogP contribution in [0, 0.1) is 12.8 Å². The molecule has 0 spiro atoms. The largest absolute Gasteiger partial charge is 0.374 e. The molecule has 0 aromatic carbocycles. The smallest absolute Gasteiger partial charge is 0.272 e. The van der Waals surface area contributed by atoms with Gasteiger partial charge in [-0.3, -0.25) is 9.48 Å². The van der Waals surface area contributed by atoms with Gasteiger partial charge in [0.1, 0.15) is 5.69 Å². The molecule has 1 amide bonds. The molecule has 1 unspecified atom stereocenters. The number of carbonyl (C=O) groups excluding carboxylic acids is 1. The lowest BCUT2D eigenvalue weighted by molar-refractivity contribution is -0.0332. The van der Waals surface area contributed by atoms with Gasteiger partial charge in [-0.25, -0.2) is 0 Å². The molecule has 1 aliphatic heterocycles. The minimum atomic E-state index is 0.0758. The highest BCUT2D eigenvalue weighted by Gasteiger charge is 2.31. The Morgan fingerprint density at radius 3 is 2.77 bits per heavy atom. The van der Waals surface area contributed by atoms with Gasteiger partial charge in [-0.2, -0.15) is 5.10 Å². The Hall–Kier alpha value is -1.40. The number of ether oxygens (including phenoxy) is 1. The van der Waals surface area contributed by atoms with Crippen LogP contribution in [0.5, 0.6) is 0 Å². The molecule has 2 aliphatic rings. The highest BCUT2D eigenvalue weighted by Crippen LogP contribution is 2.30. The van der Waals surface area contributed by atoms with E-state index in [1.807, 2.05) is 24.9 Å². The summed E-state index contributed by atoms with van der Waals surface area (Å²) in [5.74, 6) is 0.742. The molecule has 2 heterocycles. The number of hydrogen-bond acceptors (Lipinski definition) is 4. The highest BCUT2D eigenvalue weighted by molar-refractivity contribution is 5.92. The molecule has 22 heavy (non-hydrogen) atoms. The van der Waals surface area contributed by atoms with Gasteiger partial charge in [0.2, 0.25) is 0 Å². The Balaban J connectivity index is 1.71. The molecule has 1 aromatic heterocycles. The van der Waals surface area contributed by atoms with Crippen molar-refractivity contribution in [2.24, 2.45) is 13.0 Å². The standard InChI is InChI=1S/C16H26N4O2/c1-12-8-15(19(3)17-12)16(21)20(9-13-4-5-13)11-14-10-18(2)6-7-22-14/h8,13-14H,4-7,9-11H2,1-3H3. The van der Waals surface area contributed by atoms with Crippen LogP contribution in [0.4, 0.5) is 0 Å². The lowest BCUT2D eigenvalue weighted by atomic mass is 10.2. The monoisotopic (exact) mass is 306 g/mol. The first-order valence-electron chi connectivity index (χ1n) is 8.13. The number of likely N-dealkylation sites (N-methyl/N-ethyl adjacent to an activating group) is 1. The summed E-state index contributed by atoms with van der Waals surface area (Å²) in [4.78, 5) is 17.1. The van der Waals surface area contributed by atoms with Crippen LogP contribution in [0.3, 0.4) is 0 Å². The van der Waals surface area contributed by atoms with E-state index < -0.39 is 0 Å². The minimum Gasteiger partial charge on any atom is -0.374 e. The number of amides is 1. The van der Waals surface area contributed by atoms with E-state index in [4.69, 9.17) is 4.74 Å². The van der Waals surface area contributed by atoms with Crippen LogP contribution < -0.4 is 0 Å². The van der Waals surface area contributed by atoms with Crippen LogP contribution in [0.25, 0.3) is 0 Å². The normalized spacial score (nSPS) is 22.8. The summed E-state index contributed by atoms with van der Waals surface area (Å²) in [6, 6.07) is 1.87. The van der Waals surface area contributed by atoms with Gasteiger partial charge in [-0.1, -0.05) is 0 Å². The predicted octanol–water partition coefficient (Wildman–Crippen LogP) is 0.911. The van der Waals surface area contributed by atoms with Crippen molar-refractivity contribution in [2.75, 3.05) is 39.8 Å². The third-order valence-corrected chi connectivity index (χ3v) is 4.45. The van der Waals surface area contributed by atoms with E-state index in [2.05, 4.69) is 17.0 Å². The maximum Gasteiger partial charge on any atom is 0.272 e. The van der Waals surface area contributed by atoms with E-state index in [0.717, 1.165) is 31.9 Å². The second kappa shape index (κ2) is 6.38. The summed E-state index contributed by atoms with van der Waals surface area (Å²) >= 11 is 0. The van der Waals surface area contributed by atoms with Crippen LogP contribution in [0.15, 0.2) is 6.07 Å². The predicted molar refractivity (Wildman–Crippen MR) is 83.8 cm³/mol. The third-order valence-electron chi connectivity index (χ3n) is 4.45. The Morgan fingerprint density at radius 1 is 1.41 bits per heavy atom. The zero-order chi connectivity index (χ0) is 15.7. The minimum absolute atomic E-state index is 0.0758. The van der Waals surface area contributed by atoms with Crippen LogP contribution in [-0.4, -0.2) is 71.4 Å². The van der Waals surface area contributed by atoms with Crippen LogP contribution in [0.1, 0.15) is 29.0 Å². The topological polar surface area (TPSA) is 50.6 Å². The number of hydrogen-bond donors (Lipinski definition) is 0. The molecule has 0 N–H and O–H groups in total. The fourth-order valence-electron chi connectivity index (χ4n) is 3.05. The van der Waals surface area contributed by atoms with Crippen LogP contribution in [-0.2, 0) is 11.8 Å². The Kier molecular flexibility index (Phi) is 4.49. The molecule has 6 nitrogen and oxygen atoms in total. The second-order valence-electron chi connectivity index (χ2n) is 6.70. The number of carbonyl (C=O) groups is 1. The Bertz CT molecular complexity index is 538. The molecule has 0 radical (unpaired) electrons. The number of morpholine rings is 1. The van der Waals surface area contributed by atoms with Gasteiger partial charge in [0.25, 0.3) is 5.91 Å². The maximum atomic E-state index is 12.9. The Morgan fingerprint density at radius 2 is 2.18 bits per heavy atom. The summed E-state index contributed by atoms with van der Waals surface area (Å²) in [5.41, 5.74) is 1.55. The van der Waals surface area contributed by atoms with Gasteiger partial charge in [0.15, 0.2) is 0 Å². The number of aryl methyl sites for hydroxylation is 2. The van der Waals surface area contributed by atoms with Crippen molar-refractivity contribution in [3.63, 3.8) is 0 Å². The van der Waals surface area contributed by atoms with E-state index in [1.54, 1.807) is 4.68 Å². The lowest BCUT2D eigenvalue weighted by Crippen LogP contribution is -2.48. The van der Waals surface area contributed by atoms with Crippen molar-refractivity contribution in [3.05, 3.63) is 17.5 Å². The van der Waals surface area contributed by atoms with Gasteiger partial charge in [0.05, 0.1) is 18.4 Å². The zero-order valence-corrected chi connectivity index (χ0v) is 13.8. The quantitative estimate of drug-likeness (QED) is 0.811. The molecule has 0 bridgehead atoms. The lowest BCUT2D eigenvalue weighted by Gasteiger charge is -2.34. The summed E-state index contributed by atoms with van der Waals surface area (Å²) in [6.07, 6.45) is 2.58. The van der Waals surface area contributed by atoms with Crippen molar-refractivity contribution in [2.45, 2.75) is 25.9 Å². The molecule has 1 atom stereocenters. The van der Waals surface area contributed by atoms with Crippen molar-refractivity contribution >= 4 is 5.91 Å². The van der Waals surface area contributed by atoms with Gasteiger partial charge < -0.3 is 14.5 Å². The molecule has 122 valence electrons. The summed E-state index contributed by atoms with van der Waals surface area (Å²) in [6.45, 7) is 6.03. The molecule has 1 saturated carbocycles. The zero-order valence-electron chi connectivity index (χ0n) is 13.8. The summed E-state index contributed by atoms with van der Waals surface area (Å²) in [5, 5.41) is 4.30. The highest BCUT2D eigenvalue weighted by atomic mass is 16.5. The average molecular weight is 306 g/mol. The molecular weight excluding hydrogens is 280 g/mol. The summed E-state index contributed by atoms with van der Waals surface area (Å²) < 4.78 is 7.53. The number of nitrogens with zero attached hydrogens (tertiary/aromatic N) is 4. The van der Waals surface area contributed by atoms with E-state index in [1.165, 1.54) is 12.8 Å². The molecule has 3 rings (SSSR count). The Labute approximate surface area is 132 Å². The molecule has 1 aromatic rings. The molecular formula is C16H26N4O2.